The molecular weight excluding hydrogens is 407 g/mol. The van der Waals surface area contributed by atoms with Gasteiger partial charge in [0.15, 0.2) is 0 Å². The van der Waals surface area contributed by atoms with Gasteiger partial charge < -0.3 is 4.98 Å². The van der Waals surface area contributed by atoms with Gasteiger partial charge >= 0.3 is 0 Å². The highest BCUT2D eigenvalue weighted by Crippen LogP contribution is 2.40. The van der Waals surface area contributed by atoms with Gasteiger partial charge in [0.25, 0.3) is 5.56 Å². The summed E-state index contributed by atoms with van der Waals surface area (Å²) in [5, 5.41) is 0. The van der Waals surface area contributed by atoms with E-state index in [1.807, 2.05) is 24.3 Å². The predicted octanol–water partition coefficient (Wildman–Crippen LogP) is 3.68. The van der Waals surface area contributed by atoms with E-state index in [0.717, 1.165) is 32.1 Å². The second kappa shape index (κ2) is 4.77. The molecule has 0 bridgehead atoms. The second-order valence-corrected chi connectivity index (χ2v) is 6.39. The molecule has 1 aliphatic carbocycles. The van der Waals surface area contributed by atoms with Crippen LogP contribution in [-0.4, -0.2) is 9.97 Å². The summed E-state index contributed by atoms with van der Waals surface area (Å²) < 4.78 is 1.75. The number of nitrogens with zero attached hydrogens (tertiary/aromatic N) is 1. The number of benzene rings is 1. The average molecular weight is 417 g/mol. The SMILES string of the molecule is O=c1[nH]c(-c2ccc(Br)cc2)nc(C2CC2)c1I. The Hall–Kier alpha value is -0.690. The largest absolute Gasteiger partial charge is 0.306 e. The van der Waals surface area contributed by atoms with Crippen LogP contribution in [0, 0.1) is 3.57 Å². The zero-order chi connectivity index (χ0) is 12.7. The number of hydrogen-bond donors (Lipinski definition) is 1. The Labute approximate surface area is 126 Å². The number of aromatic nitrogens is 2. The average Bonchev–Trinajstić information content (AvgIpc) is 3.18. The fourth-order valence-corrected chi connectivity index (χ4v) is 2.81. The van der Waals surface area contributed by atoms with Crippen LogP contribution in [0.2, 0.25) is 0 Å². The van der Waals surface area contributed by atoms with Gasteiger partial charge in [-0.1, -0.05) is 28.1 Å². The summed E-state index contributed by atoms with van der Waals surface area (Å²) in [6.07, 6.45) is 2.29. The molecule has 1 aromatic carbocycles. The molecule has 1 fully saturated rings. The van der Waals surface area contributed by atoms with E-state index in [0.29, 0.717) is 11.7 Å². The van der Waals surface area contributed by atoms with Crippen molar-refractivity contribution in [2.24, 2.45) is 0 Å². The van der Waals surface area contributed by atoms with Crippen LogP contribution >= 0.6 is 38.5 Å². The fourth-order valence-electron chi connectivity index (χ4n) is 1.85. The first-order valence-electron chi connectivity index (χ1n) is 5.71. The van der Waals surface area contributed by atoms with Crippen LogP contribution in [0.25, 0.3) is 11.4 Å². The van der Waals surface area contributed by atoms with Gasteiger partial charge in [-0.3, -0.25) is 4.79 Å². The van der Waals surface area contributed by atoms with Crippen LogP contribution in [0.1, 0.15) is 24.5 Å². The molecule has 1 N–H and O–H groups in total. The Morgan fingerprint density at radius 3 is 2.56 bits per heavy atom. The Balaban J connectivity index is 2.12. The first kappa shape index (κ1) is 12.3. The quantitative estimate of drug-likeness (QED) is 0.759. The first-order valence-corrected chi connectivity index (χ1v) is 7.58. The standard InChI is InChI=1S/C13H10BrIN2O/c14-9-5-3-8(4-6-9)12-16-11(7-1-2-7)10(15)13(18)17-12/h3-7H,1-2H2,(H,16,17,18). The van der Waals surface area contributed by atoms with E-state index in [-0.39, 0.29) is 5.56 Å². The van der Waals surface area contributed by atoms with Crippen molar-refractivity contribution in [1.82, 2.24) is 9.97 Å². The van der Waals surface area contributed by atoms with Gasteiger partial charge in [-0.15, -0.1) is 0 Å². The van der Waals surface area contributed by atoms with Gasteiger partial charge in [-0.2, -0.15) is 0 Å². The second-order valence-electron chi connectivity index (χ2n) is 4.39. The van der Waals surface area contributed by atoms with Crippen molar-refractivity contribution in [2.45, 2.75) is 18.8 Å². The molecule has 0 amide bonds. The van der Waals surface area contributed by atoms with E-state index >= 15 is 0 Å². The van der Waals surface area contributed by atoms with Crippen LogP contribution in [0.5, 0.6) is 0 Å². The molecule has 18 heavy (non-hydrogen) atoms. The highest BCUT2D eigenvalue weighted by molar-refractivity contribution is 14.1. The Morgan fingerprint density at radius 2 is 1.94 bits per heavy atom. The molecule has 3 nitrogen and oxygen atoms in total. The minimum atomic E-state index is -0.0366. The molecule has 0 aliphatic heterocycles. The maximum absolute atomic E-state index is 11.9. The van der Waals surface area contributed by atoms with Gasteiger partial charge in [0, 0.05) is 16.0 Å². The van der Waals surface area contributed by atoms with Crippen LogP contribution < -0.4 is 5.56 Å². The lowest BCUT2D eigenvalue weighted by molar-refractivity contribution is 0.958. The maximum Gasteiger partial charge on any atom is 0.264 e. The predicted molar refractivity (Wildman–Crippen MR) is 82.7 cm³/mol. The van der Waals surface area contributed by atoms with E-state index in [1.165, 1.54) is 0 Å². The molecule has 3 rings (SSSR count). The van der Waals surface area contributed by atoms with Gasteiger partial charge in [0.05, 0.1) is 9.26 Å². The van der Waals surface area contributed by atoms with Gasteiger partial charge in [-0.25, -0.2) is 4.98 Å². The van der Waals surface area contributed by atoms with Gasteiger partial charge in [0.1, 0.15) is 5.82 Å². The van der Waals surface area contributed by atoms with Crippen molar-refractivity contribution in [3.63, 3.8) is 0 Å². The third-order valence-electron chi connectivity index (χ3n) is 2.97. The van der Waals surface area contributed by atoms with Crippen LogP contribution in [0.4, 0.5) is 0 Å². The van der Waals surface area contributed by atoms with Crippen molar-refractivity contribution in [2.75, 3.05) is 0 Å². The molecule has 1 aromatic heterocycles. The topological polar surface area (TPSA) is 45.8 Å². The van der Waals surface area contributed by atoms with E-state index in [4.69, 9.17) is 0 Å². The smallest absolute Gasteiger partial charge is 0.264 e. The molecule has 1 saturated carbocycles. The molecule has 0 radical (unpaired) electrons. The number of H-pyrrole nitrogens is 1. The van der Waals surface area contributed by atoms with Crippen LogP contribution in [-0.2, 0) is 0 Å². The zero-order valence-electron chi connectivity index (χ0n) is 9.41. The van der Waals surface area contributed by atoms with Crippen molar-refractivity contribution in [3.8, 4) is 11.4 Å². The zero-order valence-corrected chi connectivity index (χ0v) is 13.2. The van der Waals surface area contributed by atoms with Gasteiger partial charge in [0.2, 0.25) is 0 Å². The lowest BCUT2D eigenvalue weighted by Crippen LogP contribution is -2.15. The van der Waals surface area contributed by atoms with Crippen LogP contribution in [0.15, 0.2) is 33.5 Å². The van der Waals surface area contributed by atoms with Gasteiger partial charge in [-0.05, 0) is 47.6 Å². The monoisotopic (exact) mass is 416 g/mol. The number of halogens is 2. The third-order valence-corrected chi connectivity index (χ3v) is 4.54. The van der Waals surface area contributed by atoms with E-state index in [1.54, 1.807) is 0 Å². The molecule has 0 saturated heterocycles. The molecule has 1 heterocycles. The summed E-state index contributed by atoms with van der Waals surface area (Å²) in [6.45, 7) is 0. The minimum Gasteiger partial charge on any atom is -0.306 e. The number of rotatable bonds is 2. The molecule has 0 unspecified atom stereocenters. The van der Waals surface area contributed by atoms with Crippen molar-refractivity contribution < 1.29 is 0 Å². The molecule has 1 aliphatic rings. The summed E-state index contributed by atoms with van der Waals surface area (Å²) in [7, 11) is 0. The summed E-state index contributed by atoms with van der Waals surface area (Å²) in [5.41, 5.74) is 1.86. The third kappa shape index (κ3) is 2.38. The Kier molecular flexibility index (Phi) is 3.27. The lowest BCUT2D eigenvalue weighted by Gasteiger charge is -2.06. The van der Waals surface area contributed by atoms with Crippen molar-refractivity contribution in [1.29, 1.82) is 0 Å². The highest BCUT2D eigenvalue weighted by atomic mass is 127. The summed E-state index contributed by atoms with van der Waals surface area (Å²) in [4.78, 5) is 19.4. The van der Waals surface area contributed by atoms with Crippen molar-refractivity contribution in [3.05, 3.63) is 48.4 Å². The van der Waals surface area contributed by atoms with Crippen LogP contribution in [0.3, 0.4) is 0 Å². The fraction of sp³-hybridized carbons (Fsp3) is 0.231. The van der Waals surface area contributed by atoms with E-state index in [2.05, 4.69) is 48.5 Å². The molecule has 0 spiro atoms. The maximum atomic E-state index is 11.9. The minimum absolute atomic E-state index is 0.0366. The lowest BCUT2D eigenvalue weighted by atomic mass is 10.2. The van der Waals surface area contributed by atoms with E-state index in [9.17, 15) is 4.79 Å². The molecular formula is C13H10BrIN2O. The Bertz CT molecular complexity index is 647. The Morgan fingerprint density at radius 1 is 1.28 bits per heavy atom. The highest BCUT2D eigenvalue weighted by Gasteiger charge is 2.28. The number of nitrogens with one attached hydrogen (secondary N) is 1. The van der Waals surface area contributed by atoms with Crippen molar-refractivity contribution >= 4 is 38.5 Å². The first-order chi connectivity index (χ1) is 8.65. The summed E-state index contributed by atoms with van der Waals surface area (Å²) in [6, 6.07) is 7.80. The normalized spacial score (nSPS) is 14.8. The molecule has 92 valence electrons. The van der Waals surface area contributed by atoms with E-state index < -0.39 is 0 Å². The molecule has 5 heteroatoms. The molecule has 2 aromatic rings. The summed E-state index contributed by atoms with van der Waals surface area (Å²) >= 11 is 5.49. The summed E-state index contributed by atoms with van der Waals surface area (Å²) in [5.74, 6) is 1.14. The number of hydrogen-bond acceptors (Lipinski definition) is 2. The molecule has 0 atom stereocenters. The number of aromatic amines is 1.